The van der Waals surface area contributed by atoms with Gasteiger partial charge in [-0.05, 0) is 0 Å². The summed E-state index contributed by atoms with van der Waals surface area (Å²) in [7, 11) is 0. The number of alkyl halides is 1. The lowest BCUT2D eigenvalue weighted by molar-refractivity contribution is -0.212. The minimum Gasteiger partial charge on any atom is -0.463 e. The summed E-state index contributed by atoms with van der Waals surface area (Å²) in [6.45, 7) is 4.51. The van der Waals surface area contributed by atoms with Crippen LogP contribution in [-0.4, -0.2) is 60.3 Å². The van der Waals surface area contributed by atoms with Crippen molar-refractivity contribution in [2.45, 2.75) is 57.6 Å². The van der Waals surface area contributed by atoms with Gasteiger partial charge in [-0.1, -0.05) is 11.6 Å². The number of ether oxygens (including phenoxy) is 4. The minimum atomic E-state index is -1.11. The van der Waals surface area contributed by atoms with Crippen molar-refractivity contribution < 1.29 is 38.1 Å². The Balaban J connectivity index is 3.11. The molecule has 0 aliphatic carbocycles. The monoisotopic (exact) mass is 365 g/mol. The molecule has 0 aromatic carbocycles. The molecule has 0 unspecified atom stereocenters. The SMILES string of the molecule is CC(=O)N[C@H]1[C@@H](OC(C)=O)[C@H](OC(C)=O)[C@@H](COC(C)=O)O[C@@H]1Cl. The van der Waals surface area contributed by atoms with E-state index in [1.807, 2.05) is 0 Å². The van der Waals surface area contributed by atoms with E-state index >= 15 is 0 Å². The lowest BCUT2D eigenvalue weighted by Crippen LogP contribution is -2.64. The number of amides is 1. The molecule has 136 valence electrons. The third-order valence-electron chi connectivity index (χ3n) is 3.06. The van der Waals surface area contributed by atoms with Crippen LogP contribution in [0.3, 0.4) is 0 Å². The second-order valence-corrected chi connectivity index (χ2v) is 5.63. The predicted octanol–water partition coefficient (Wildman–Crippen LogP) is -0.119. The van der Waals surface area contributed by atoms with Gasteiger partial charge in [-0.15, -0.1) is 0 Å². The van der Waals surface area contributed by atoms with Gasteiger partial charge >= 0.3 is 17.9 Å². The zero-order chi connectivity index (χ0) is 18.4. The Morgan fingerprint density at radius 2 is 1.50 bits per heavy atom. The predicted molar refractivity (Wildman–Crippen MR) is 79.9 cm³/mol. The van der Waals surface area contributed by atoms with Crippen molar-refractivity contribution in [2.75, 3.05) is 6.61 Å². The summed E-state index contributed by atoms with van der Waals surface area (Å²) in [5.41, 5.74) is -1.09. The summed E-state index contributed by atoms with van der Waals surface area (Å²) in [6.07, 6.45) is -3.18. The molecule has 1 fully saturated rings. The quantitative estimate of drug-likeness (QED) is 0.407. The number of esters is 3. The number of hydrogen-bond donors (Lipinski definition) is 1. The van der Waals surface area contributed by atoms with E-state index in [1.165, 1.54) is 13.8 Å². The van der Waals surface area contributed by atoms with E-state index in [0.29, 0.717) is 0 Å². The highest BCUT2D eigenvalue weighted by molar-refractivity contribution is 6.20. The summed E-state index contributed by atoms with van der Waals surface area (Å²) >= 11 is 6.11. The number of carbonyl (C=O) groups excluding carboxylic acids is 4. The highest BCUT2D eigenvalue weighted by atomic mass is 35.5. The van der Waals surface area contributed by atoms with Gasteiger partial charge in [-0.2, -0.15) is 0 Å². The maximum Gasteiger partial charge on any atom is 0.303 e. The van der Waals surface area contributed by atoms with Crippen LogP contribution in [0.4, 0.5) is 0 Å². The Morgan fingerprint density at radius 1 is 0.958 bits per heavy atom. The molecule has 0 radical (unpaired) electrons. The molecule has 0 aromatic heterocycles. The smallest absolute Gasteiger partial charge is 0.303 e. The van der Waals surface area contributed by atoms with Crippen molar-refractivity contribution in [3.8, 4) is 0 Å². The molecule has 0 saturated carbocycles. The molecule has 1 saturated heterocycles. The Kier molecular flexibility index (Phi) is 7.43. The Morgan fingerprint density at radius 3 is 1.96 bits per heavy atom. The van der Waals surface area contributed by atoms with Crippen molar-refractivity contribution in [1.82, 2.24) is 5.32 Å². The van der Waals surface area contributed by atoms with E-state index in [-0.39, 0.29) is 6.61 Å². The standard InChI is InChI=1S/C14H20ClNO8/c1-6(17)16-11-13(23-9(4)20)12(22-8(3)19)10(24-14(11)15)5-21-7(2)18/h10-14H,5H2,1-4H3,(H,16,17)/t10-,11+,12-,13-,14+/m1/s1. The summed E-state index contributed by atoms with van der Waals surface area (Å²) < 4.78 is 20.7. The van der Waals surface area contributed by atoms with Gasteiger partial charge in [0.2, 0.25) is 5.91 Å². The van der Waals surface area contributed by atoms with Crippen LogP contribution >= 0.6 is 11.6 Å². The van der Waals surface area contributed by atoms with Gasteiger partial charge in [0.05, 0.1) is 0 Å². The Labute approximate surface area is 143 Å². The van der Waals surface area contributed by atoms with Crippen LogP contribution in [0.2, 0.25) is 0 Å². The van der Waals surface area contributed by atoms with Gasteiger partial charge in [-0.25, -0.2) is 0 Å². The topological polar surface area (TPSA) is 117 Å². The van der Waals surface area contributed by atoms with E-state index in [4.69, 9.17) is 30.5 Å². The molecule has 1 aliphatic rings. The van der Waals surface area contributed by atoms with Crippen LogP contribution in [0.25, 0.3) is 0 Å². The average molecular weight is 366 g/mol. The zero-order valence-corrected chi connectivity index (χ0v) is 14.5. The fourth-order valence-electron chi connectivity index (χ4n) is 2.28. The third kappa shape index (κ3) is 5.97. The lowest BCUT2D eigenvalue weighted by Gasteiger charge is -2.43. The molecule has 0 bridgehead atoms. The minimum absolute atomic E-state index is 0.263. The number of rotatable bonds is 5. The van der Waals surface area contributed by atoms with E-state index < -0.39 is 53.7 Å². The normalized spacial score (nSPS) is 29.3. The summed E-state index contributed by atoms with van der Waals surface area (Å²) in [5.74, 6) is -2.33. The first-order valence-electron chi connectivity index (χ1n) is 7.16. The van der Waals surface area contributed by atoms with Crippen molar-refractivity contribution in [3.05, 3.63) is 0 Å². The molecule has 1 amide bonds. The molecule has 24 heavy (non-hydrogen) atoms. The second-order valence-electron chi connectivity index (χ2n) is 5.20. The van der Waals surface area contributed by atoms with Crippen molar-refractivity contribution in [1.29, 1.82) is 0 Å². The molecule has 9 nitrogen and oxygen atoms in total. The molecule has 1 N–H and O–H groups in total. The van der Waals surface area contributed by atoms with E-state index in [2.05, 4.69) is 5.32 Å². The van der Waals surface area contributed by atoms with Gasteiger partial charge < -0.3 is 24.3 Å². The highest BCUT2D eigenvalue weighted by Gasteiger charge is 2.50. The van der Waals surface area contributed by atoms with Gasteiger partial charge in [0.1, 0.15) is 18.8 Å². The fraction of sp³-hybridized carbons (Fsp3) is 0.714. The second kappa shape index (κ2) is 8.84. The number of carbonyl (C=O) groups is 4. The van der Waals surface area contributed by atoms with Crippen LogP contribution in [-0.2, 0) is 38.1 Å². The summed E-state index contributed by atoms with van der Waals surface area (Å²) in [6, 6.07) is -0.953. The highest BCUT2D eigenvalue weighted by Crippen LogP contribution is 2.28. The van der Waals surface area contributed by atoms with Crippen LogP contribution < -0.4 is 5.32 Å². The maximum atomic E-state index is 11.4. The fourth-order valence-corrected chi connectivity index (χ4v) is 2.62. The maximum absolute atomic E-state index is 11.4. The Bertz CT molecular complexity index is 511. The molecular weight excluding hydrogens is 346 g/mol. The first kappa shape index (κ1) is 20.2. The van der Waals surface area contributed by atoms with Crippen LogP contribution in [0.1, 0.15) is 27.7 Å². The lowest BCUT2D eigenvalue weighted by atomic mass is 9.97. The number of nitrogens with one attached hydrogen (secondary N) is 1. The van der Waals surface area contributed by atoms with Gasteiger partial charge in [0.15, 0.2) is 17.8 Å². The first-order valence-corrected chi connectivity index (χ1v) is 7.60. The average Bonchev–Trinajstić information content (AvgIpc) is 2.42. The van der Waals surface area contributed by atoms with Gasteiger partial charge in [0, 0.05) is 27.7 Å². The van der Waals surface area contributed by atoms with E-state index in [9.17, 15) is 19.2 Å². The molecular formula is C14H20ClNO8. The van der Waals surface area contributed by atoms with Crippen LogP contribution in [0.5, 0.6) is 0 Å². The Hall–Kier alpha value is -1.87. The van der Waals surface area contributed by atoms with Crippen molar-refractivity contribution >= 4 is 35.4 Å². The van der Waals surface area contributed by atoms with Gasteiger partial charge in [-0.3, -0.25) is 19.2 Å². The third-order valence-corrected chi connectivity index (χ3v) is 3.43. The van der Waals surface area contributed by atoms with Crippen LogP contribution in [0.15, 0.2) is 0 Å². The number of halogens is 1. The molecule has 0 spiro atoms. The molecule has 5 atom stereocenters. The first-order chi connectivity index (χ1) is 11.1. The van der Waals surface area contributed by atoms with Crippen molar-refractivity contribution in [3.63, 3.8) is 0 Å². The van der Waals surface area contributed by atoms with E-state index in [1.54, 1.807) is 0 Å². The molecule has 0 aromatic rings. The number of hydrogen-bond acceptors (Lipinski definition) is 8. The van der Waals surface area contributed by atoms with Crippen molar-refractivity contribution in [2.24, 2.45) is 0 Å². The summed E-state index contributed by atoms with van der Waals surface area (Å²) in [4.78, 5) is 45.2. The molecule has 1 heterocycles. The largest absolute Gasteiger partial charge is 0.463 e. The van der Waals surface area contributed by atoms with Gasteiger partial charge in [0.25, 0.3) is 0 Å². The zero-order valence-electron chi connectivity index (χ0n) is 13.7. The molecule has 1 aliphatic heterocycles. The molecule has 1 rings (SSSR count). The van der Waals surface area contributed by atoms with E-state index in [0.717, 1.165) is 13.8 Å². The molecule has 10 heteroatoms. The summed E-state index contributed by atoms with van der Waals surface area (Å²) in [5, 5.41) is 2.50. The van der Waals surface area contributed by atoms with Crippen LogP contribution in [0, 0.1) is 0 Å².